The maximum absolute atomic E-state index is 13.7. The number of hydrogen-bond acceptors (Lipinski definition) is 1. The Kier molecular flexibility index (Phi) is 4.13. The Morgan fingerprint density at radius 2 is 2.00 bits per heavy atom. The highest BCUT2D eigenvalue weighted by molar-refractivity contribution is 9.11. The molecule has 3 rings (SSSR count). The zero-order chi connectivity index (χ0) is 15.0. The van der Waals surface area contributed by atoms with E-state index in [1.807, 2.05) is 18.2 Å². The largest absolute Gasteiger partial charge is 0.326 e. The van der Waals surface area contributed by atoms with Crippen molar-refractivity contribution in [1.29, 1.82) is 0 Å². The molecule has 0 aromatic heterocycles. The smallest absolute Gasteiger partial charge is 0.224 e. The normalized spacial score (nSPS) is 15.3. The van der Waals surface area contributed by atoms with Crippen molar-refractivity contribution < 1.29 is 9.18 Å². The Bertz CT molecular complexity index is 717. The van der Waals surface area contributed by atoms with Crippen LogP contribution >= 0.6 is 31.9 Å². The van der Waals surface area contributed by atoms with Crippen molar-refractivity contribution in [1.82, 2.24) is 0 Å². The molecule has 0 saturated carbocycles. The lowest BCUT2D eigenvalue weighted by molar-refractivity contribution is -0.116. The van der Waals surface area contributed by atoms with Gasteiger partial charge < -0.3 is 5.32 Å². The Morgan fingerprint density at radius 3 is 2.81 bits per heavy atom. The minimum atomic E-state index is -0.276. The second kappa shape index (κ2) is 5.89. The molecule has 0 radical (unpaired) electrons. The number of benzene rings is 2. The van der Waals surface area contributed by atoms with Crippen molar-refractivity contribution >= 4 is 43.5 Å². The van der Waals surface area contributed by atoms with Gasteiger partial charge in [0, 0.05) is 12.1 Å². The number of amides is 1. The van der Waals surface area contributed by atoms with E-state index in [4.69, 9.17) is 0 Å². The van der Waals surface area contributed by atoms with Crippen molar-refractivity contribution in [2.24, 2.45) is 0 Å². The molecule has 1 amide bonds. The SMILES string of the molecule is O=C1CCc2cc(C(Br)c3cccc(F)c3Br)ccc2N1. The van der Waals surface area contributed by atoms with Crippen molar-refractivity contribution in [2.45, 2.75) is 17.7 Å². The van der Waals surface area contributed by atoms with Gasteiger partial charge in [0.25, 0.3) is 0 Å². The van der Waals surface area contributed by atoms with Crippen molar-refractivity contribution in [2.75, 3.05) is 5.32 Å². The summed E-state index contributed by atoms with van der Waals surface area (Å²) in [6.07, 6.45) is 1.24. The summed E-state index contributed by atoms with van der Waals surface area (Å²) in [7, 11) is 0. The molecule has 0 fully saturated rings. The molecule has 0 saturated heterocycles. The Labute approximate surface area is 139 Å². The summed E-state index contributed by atoms with van der Waals surface area (Å²) in [4.78, 5) is 11.3. The van der Waals surface area contributed by atoms with Crippen molar-refractivity contribution in [3.05, 3.63) is 63.4 Å². The third-order valence-corrected chi connectivity index (χ3v) is 5.43. The summed E-state index contributed by atoms with van der Waals surface area (Å²) in [5, 5.41) is 2.86. The van der Waals surface area contributed by atoms with E-state index in [1.54, 1.807) is 6.07 Å². The third kappa shape index (κ3) is 2.90. The molecule has 0 spiro atoms. The van der Waals surface area contributed by atoms with Gasteiger partial charge in [-0.3, -0.25) is 4.79 Å². The van der Waals surface area contributed by atoms with Crippen LogP contribution in [0.5, 0.6) is 0 Å². The first kappa shape index (κ1) is 14.7. The van der Waals surface area contributed by atoms with Gasteiger partial charge in [-0.25, -0.2) is 4.39 Å². The lowest BCUT2D eigenvalue weighted by Gasteiger charge is -2.20. The fourth-order valence-electron chi connectivity index (χ4n) is 2.46. The lowest BCUT2D eigenvalue weighted by atomic mass is 9.97. The second-order valence-electron chi connectivity index (χ2n) is 4.97. The van der Waals surface area contributed by atoms with E-state index in [9.17, 15) is 9.18 Å². The van der Waals surface area contributed by atoms with Crippen LogP contribution in [0, 0.1) is 5.82 Å². The maximum atomic E-state index is 13.7. The number of anilines is 1. The zero-order valence-electron chi connectivity index (χ0n) is 11.0. The molecular formula is C16H12Br2FNO. The minimum Gasteiger partial charge on any atom is -0.326 e. The van der Waals surface area contributed by atoms with E-state index in [0.717, 1.165) is 28.8 Å². The van der Waals surface area contributed by atoms with Crippen LogP contribution in [0.2, 0.25) is 0 Å². The van der Waals surface area contributed by atoms with Gasteiger partial charge in [-0.15, -0.1) is 0 Å². The molecule has 1 atom stereocenters. The van der Waals surface area contributed by atoms with Gasteiger partial charge in [-0.2, -0.15) is 0 Å². The van der Waals surface area contributed by atoms with E-state index in [2.05, 4.69) is 43.2 Å². The summed E-state index contributed by atoms with van der Waals surface area (Å²) in [5.74, 6) is -0.222. The molecule has 108 valence electrons. The van der Waals surface area contributed by atoms with Crippen LogP contribution in [0.25, 0.3) is 0 Å². The van der Waals surface area contributed by atoms with Crippen LogP contribution in [-0.2, 0) is 11.2 Å². The first-order valence-corrected chi connectivity index (χ1v) is 8.28. The van der Waals surface area contributed by atoms with Gasteiger partial charge in [0.1, 0.15) is 5.82 Å². The highest BCUT2D eigenvalue weighted by atomic mass is 79.9. The van der Waals surface area contributed by atoms with Gasteiger partial charge in [0.15, 0.2) is 0 Å². The Balaban J connectivity index is 1.97. The second-order valence-corrected chi connectivity index (χ2v) is 6.68. The third-order valence-electron chi connectivity index (χ3n) is 3.57. The minimum absolute atomic E-state index is 0.0542. The summed E-state index contributed by atoms with van der Waals surface area (Å²) in [6, 6.07) is 10.9. The molecule has 5 heteroatoms. The van der Waals surface area contributed by atoms with E-state index in [0.29, 0.717) is 10.9 Å². The number of rotatable bonds is 2. The van der Waals surface area contributed by atoms with E-state index < -0.39 is 0 Å². The maximum Gasteiger partial charge on any atom is 0.224 e. The fraction of sp³-hybridized carbons (Fsp3) is 0.188. The number of fused-ring (bicyclic) bond motifs is 1. The molecule has 2 nitrogen and oxygen atoms in total. The average molecular weight is 413 g/mol. The lowest BCUT2D eigenvalue weighted by Crippen LogP contribution is -2.19. The molecule has 0 bridgehead atoms. The van der Waals surface area contributed by atoms with Crippen LogP contribution < -0.4 is 5.32 Å². The van der Waals surface area contributed by atoms with Gasteiger partial charge in [0.2, 0.25) is 5.91 Å². The highest BCUT2D eigenvalue weighted by Crippen LogP contribution is 2.38. The standard InChI is InChI=1S/C16H12Br2FNO/c17-15(11-2-1-3-12(19)16(11)18)10-4-6-13-9(8-10)5-7-14(21)20-13/h1-4,6,8,15H,5,7H2,(H,20,21). The molecule has 1 aliphatic rings. The Morgan fingerprint density at radius 1 is 1.19 bits per heavy atom. The first-order chi connectivity index (χ1) is 10.1. The van der Waals surface area contributed by atoms with Crippen LogP contribution in [-0.4, -0.2) is 5.91 Å². The topological polar surface area (TPSA) is 29.1 Å². The predicted molar refractivity (Wildman–Crippen MR) is 88.3 cm³/mol. The molecule has 1 heterocycles. The predicted octanol–water partition coefficient (Wildman–Crippen LogP) is 4.96. The molecule has 2 aromatic carbocycles. The number of carbonyl (C=O) groups is 1. The number of alkyl halides is 1. The summed E-state index contributed by atoms with van der Waals surface area (Å²) >= 11 is 6.93. The number of halogens is 3. The molecule has 0 aliphatic carbocycles. The average Bonchev–Trinajstić information content (AvgIpc) is 2.49. The zero-order valence-corrected chi connectivity index (χ0v) is 14.2. The quantitative estimate of drug-likeness (QED) is 0.694. The monoisotopic (exact) mass is 411 g/mol. The fourth-order valence-corrected chi connectivity index (χ4v) is 3.92. The van der Waals surface area contributed by atoms with Crippen LogP contribution in [0.4, 0.5) is 10.1 Å². The van der Waals surface area contributed by atoms with Gasteiger partial charge in [-0.1, -0.05) is 40.2 Å². The van der Waals surface area contributed by atoms with Gasteiger partial charge in [0.05, 0.1) is 9.30 Å². The summed E-state index contributed by atoms with van der Waals surface area (Å²) in [6.45, 7) is 0. The van der Waals surface area contributed by atoms with Crippen LogP contribution in [0.15, 0.2) is 40.9 Å². The van der Waals surface area contributed by atoms with Crippen LogP contribution in [0.3, 0.4) is 0 Å². The number of hydrogen-bond donors (Lipinski definition) is 1. The van der Waals surface area contributed by atoms with E-state index in [-0.39, 0.29) is 16.6 Å². The number of carbonyl (C=O) groups excluding carboxylic acids is 1. The summed E-state index contributed by atoms with van der Waals surface area (Å²) < 4.78 is 14.1. The molecular weight excluding hydrogens is 401 g/mol. The summed E-state index contributed by atoms with van der Waals surface area (Å²) in [5.41, 5.74) is 3.86. The van der Waals surface area contributed by atoms with Gasteiger partial charge in [-0.05, 0) is 51.2 Å². The molecule has 21 heavy (non-hydrogen) atoms. The van der Waals surface area contributed by atoms with Crippen molar-refractivity contribution in [3.8, 4) is 0 Å². The van der Waals surface area contributed by atoms with Crippen molar-refractivity contribution in [3.63, 3.8) is 0 Å². The molecule has 1 N–H and O–H groups in total. The van der Waals surface area contributed by atoms with E-state index >= 15 is 0 Å². The first-order valence-electron chi connectivity index (χ1n) is 6.57. The number of aryl methyl sites for hydroxylation is 1. The van der Waals surface area contributed by atoms with Gasteiger partial charge >= 0.3 is 0 Å². The molecule has 2 aromatic rings. The highest BCUT2D eigenvalue weighted by Gasteiger charge is 2.19. The Hall–Kier alpha value is -1.20. The van der Waals surface area contributed by atoms with Crippen LogP contribution in [0.1, 0.15) is 27.9 Å². The molecule has 1 unspecified atom stereocenters. The molecule has 1 aliphatic heterocycles. The van der Waals surface area contributed by atoms with E-state index in [1.165, 1.54) is 6.07 Å². The number of nitrogens with one attached hydrogen (secondary N) is 1.